The summed E-state index contributed by atoms with van der Waals surface area (Å²) >= 11 is 0. The van der Waals surface area contributed by atoms with Gasteiger partial charge >= 0.3 is 0 Å². The lowest BCUT2D eigenvalue weighted by atomic mass is 10.0. The molecule has 1 amide bonds. The molecule has 0 aliphatic heterocycles. The van der Waals surface area contributed by atoms with E-state index in [1.54, 1.807) is 30.3 Å². The molecule has 0 unspecified atom stereocenters. The van der Waals surface area contributed by atoms with Gasteiger partial charge in [0.1, 0.15) is 0 Å². The average Bonchev–Trinajstić information content (AvgIpc) is 2.39. The molecule has 0 heterocycles. The molecule has 0 atom stereocenters. The molecular weight excluding hydrogens is 258 g/mol. The minimum Gasteiger partial charge on any atom is -0.398 e. The highest BCUT2D eigenvalue weighted by Gasteiger charge is 2.10. The molecule has 2 rings (SSSR count). The lowest BCUT2D eigenvalue weighted by molar-refractivity contribution is -0.384. The van der Waals surface area contributed by atoms with Gasteiger partial charge in [-0.3, -0.25) is 14.9 Å². The number of hydrogen-bond acceptors (Lipinski definition) is 4. The van der Waals surface area contributed by atoms with Crippen molar-refractivity contribution in [3.8, 4) is 11.1 Å². The predicted octanol–water partition coefficient (Wildman–Crippen LogP) is 2.80. The van der Waals surface area contributed by atoms with Gasteiger partial charge in [-0.2, -0.15) is 0 Å². The fourth-order valence-corrected chi connectivity index (χ4v) is 1.86. The van der Waals surface area contributed by atoms with E-state index < -0.39 is 4.92 Å². The Labute approximate surface area is 115 Å². The number of benzene rings is 2. The Kier molecular flexibility index (Phi) is 3.65. The van der Waals surface area contributed by atoms with Crippen LogP contribution in [-0.2, 0) is 4.79 Å². The van der Waals surface area contributed by atoms with Crippen molar-refractivity contribution in [1.82, 2.24) is 0 Å². The molecule has 2 aromatic carbocycles. The van der Waals surface area contributed by atoms with Crippen LogP contribution in [-0.4, -0.2) is 10.8 Å². The number of nitrogens with one attached hydrogen (secondary N) is 1. The van der Waals surface area contributed by atoms with Crippen molar-refractivity contribution in [3.63, 3.8) is 0 Å². The molecule has 0 bridgehead atoms. The summed E-state index contributed by atoms with van der Waals surface area (Å²) < 4.78 is 0. The topological polar surface area (TPSA) is 98.3 Å². The summed E-state index contributed by atoms with van der Waals surface area (Å²) in [6, 6.07) is 11.4. The minimum atomic E-state index is -0.486. The SMILES string of the molecule is CC(=O)Nc1ccc(-c2ccc([N+](=O)[O-])cc2N)cc1. The molecule has 102 valence electrons. The van der Waals surface area contributed by atoms with E-state index in [0.29, 0.717) is 16.9 Å². The second-order valence-corrected chi connectivity index (χ2v) is 4.29. The maximum absolute atomic E-state index is 10.9. The Morgan fingerprint density at radius 1 is 1.20 bits per heavy atom. The molecule has 0 aromatic heterocycles. The summed E-state index contributed by atoms with van der Waals surface area (Å²) in [5, 5.41) is 13.3. The maximum Gasteiger partial charge on any atom is 0.271 e. The smallest absolute Gasteiger partial charge is 0.271 e. The summed E-state index contributed by atoms with van der Waals surface area (Å²) in [6.07, 6.45) is 0. The molecule has 0 spiro atoms. The van der Waals surface area contributed by atoms with Gasteiger partial charge in [-0.15, -0.1) is 0 Å². The van der Waals surface area contributed by atoms with Crippen LogP contribution in [0.5, 0.6) is 0 Å². The summed E-state index contributed by atoms with van der Waals surface area (Å²) in [5.74, 6) is -0.146. The molecular formula is C14H13N3O3. The Balaban J connectivity index is 2.32. The molecule has 2 aromatic rings. The number of amides is 1. The summed E-state index contributed by atoms with van der Waals surface area (Å²) in [4.78, 5) is 21.1. The summed E-state index contributed by atoms with van der Waals surface area (Å²) in [7, 11) is 0. The minimum absolute atomic E-state index is 0.0406. The van der Waals surface area contributed by atoms with Crippen molar-refractivity contribution in [2.75, 3.05) is 11.1 Å². The fourth-order valence-electron chi connectivity index (χ4n) is 1.86. The van der Waals surface area contributed by atoms with Gasteiger partial charge in [0.05, 0.1) is 4.92 Å². The second-order valence-electron chi connectivity index (χ2n) is 4.29. The van der Waals surface area contributed by atoms with Gasteiger partial charge in [0.2, 0.25) is 5.91 Å². The van der Waals surface area contributed by atoms with Gasteiger partial charge in [0.15, 0.2) is 0 Å². The highest BCUT2D eigenvalue weighted by molar-refractivity contribution is 5.89. The molecule has 0 saturated heterocycles. The van der Waals surface area contributed by atoms with Crippen molar-refractivity contribution in [2.24, 2.45) is 0 Å². The number of nitro groups is 1. The lowest BCUT2D eigenvalue weighted by Gasteiger charge is -2.07. The van der Waals surface area contributed by atoms with E-state index in [4.69, 9.17) is 5.73 Å². The monoisotopic (exact) mass is 271 g/mol. The first-order valence-electron chi connectivity index (χ1n) is 5.89. The number of carbonyl (C=O) groups excluding carboxylic acids is 1. The maximum atomic E-state index is 10.9. The normalized spacial score (nSPS) is 10.1. The van der Waals surface area contributed by atoms with Crippen LogP contribution in [0.1, 0.15) is 6.92 Å². The second kappa shape index (κ2) is 5.40. The Morgan fingerprint density at radius 2 is 1.85 bits per heavy atom. The zero-order chi connectivity index (χ0) is 14.7. The Hall–Kier alpha value is -2.89. The van der Waals surface area contributed by atoms with E-state index in [1.165, 1.54) is 19.1 Å². The number of nitrogens with two attached hydrogens (primary N) is 1. The van der Waals surface area contributed by atoms with Gasteiger partial charge in [-0.05, 0) is 23.8 Å². The zero-order valence-electron chi connectivity index (χ0n) is 10.8. The Bertz CT molecular complexity index is 666. The fraction of sp³-hybridized carbons (Fsp3) is 0.0714. The quantitative estimate of drug-likeness (QED) is 0.509. The van der Waals surface area contributed by atoms with E-state index >= 15 is 0 Å². The average molecular weight is 271 g/mol. The van der Waals surface area contributed by atoms with Gasteiger partial charge in [-0.1, -0.05) is 12.1 Å². The van der Waals surface area contributed by atoms with Crippen LogP contribution < -0.4 is 11.1 Å². The molecule has 20 heavy (non-hydrogen) atoms. The molecule has 0 radical (unpaired) electrons. The third-order valence-electron chi connectivity index (χ3n) is 2.76. The molecule has 3 N–H and O–H groups in total. The predicted molar refractivity (Wildman–Crippen MR) is 77.2 cm³/mol. The number of nitrogens with zero attached hydrogens (tertiary/aromatic N) is 1. The van der Waals surface area contributed by atoms with Gasteiger partial charge < -0.3 is 11.1 Å². The number of nitrogen functional groups attached to an aromatic ring is 1. The van der Waals surface area contributed by atoms with Gasteiger partial charge in [0, 0.05) is 36.0 Å². The zero-order valence-corrected chi connectivity index (χ0v) is 10.8. The third-order valence-corrected chi connectivity index (χ3v) is 2.76. The van der Waals surface area contributed by atoms with E-state index in [2.05, 4.69) is 5.32 Å². The van der Waals surface area contributed by atoms with E-state index in [1.807, 2.05) is 0 Å². The van der Waals surface area contributed by atoms with Gasteiger partial charge in [0.25, 0.3) is 5.69 Å². The third kappa shape index (κ3) is 2.92. The van der Waals surface area contributed by atoms with Crippen molar-refractivity contribution in [3.05, 3.63) is 52.6 Å². The van der Waals surface area contributed by atoms with E-state index in [0.717, 1.165) is 5.56 Å². The molecule has 0 aliphatic rings. The van der Waals surface area contributed by atoms with Crippen LogP contribution in [0.4, 0.5) is 17.1 Å². The molecule has 6 heteroatoms. The van der Waals surface area contributed by atoms with Crippen LogP contribution in [0, 0.1) is 10.1 Å². The van der Waals surface area contributed by atoms with Crippen molar-refractivity contribution in [1.29, 1.82) is 0 Å². The number of rotatable bonds is 3. The lowest BCUT2D eigenvalue weighted by Crippen LogP contribution is -2.05. The van der Waals surface area contributed by atoms with Gasteiger partial charge in [-0.25, -0.2) is 0 Å². The number of hydrogen-bond donors (Lipinski definition) is 2. The summed E-state index contributed by atoms with van der Waals surface area (Å²) in [6.45, 7) is 1.43. The van der Waals surface area contributed by atoms with E-state index in [9.17, 15) is 14.9 Å². The van der Waals surface area contributed by atoms with Crippen LogP contribution in [0.2, 0.25) is 0 Å². The van der Waals surface area contributed by atoms with Crippen LogP contribution in [0.15, 0.2) is 42.5 Å². The van der Waals surface area contributed by atoms with Crippen LogP contribution in [0.25, 0.3) is 11.1 Å². The van der Waals surface area contributed by atoms with Crippen LogP contribution in [0.3, 0.4) is 0 Å². The Morgan fingerprint density at radius 3 is 2.35 bits per heavy atom. The first-order chi connectivity index (χ1) is 9.47. The molecule has 6 nitrogen and oxygen atoms in total. The first-order valence-corrected chi connectivity index (χ1v) is 5.89. The number of anilines is 2. The van der Waals surface area contributed by atoms with Crippen molar-refractivity contribution < 1.29 is 9.72 Å². The van der Waals surface area contributed by atoms with Crippen LogP contribution >= 0.6 is 0 Å². The molecule has 0 fully saturated rings. The standard InChI is InChI=1S/C14H13N3O3/c1-9(18)16-11-4-2-10(3-5-11)13-7-6-12(17(19)20)8-14(13)15/h2-8H,15H2,1H3,(H,16,18). The number of nitro benzene ring substituents is 1. The highest BCUT2D eigenvalue weighted by atomic mass is 16.6. The molecule has 0 saturated carbocycles. The summed E-state index contributed by atoms with van der Waals surface area (Å²) in [5.41, 5.74) is 8.36. The first kappa shape index (κ1) is 13.5. The van der Waals surface area contributed by atoms with Crippen molar-refractivity contribution in [2.45, 2.75) is 6.92 Å². The van der Waals surface area contributed by atoms with Crippen molar-refractivity contribution >= 4 is 23.0 Å². The van der Waals surface area contributed by atoms with E-state index in [-0.39, 0.29) is 11.6 Å². The molecule has 0 aliphatic carbocycles. The highest BCUT2D eigenvalue weighted by Crippen LogP contribution is 2.29. The largest absolute Gasteiger partial charge is 0.398 e. The number of carbonyl (C=O) groups is 1. The number of non-ortho nitro benzene ring substituents is 1.